The average molecular weight is 220 g/mol. The van der Waals surface area contributed by atoms with Crippen LogP contribution in [0.2, 0.25) is 0 Å². The highest BCUT2D eigenvalue weighted by atomic mass is 14.1. The summed E-state index contributed by atoms with van der Waals surface area (Å²) in [6.45, 7) is 2.21. The van der Waals surface area contributed by atoms with E-state index in [0.717, 1.165) is 12.8 Å². The summed E-state index contributed by atoms with van der Waals surface area (Å²) >= 11 is 0. The number of fused-ring (bicyclic) bond motifs is 2. The SMILES string of the molecule is Cc1cccc2c1CCc1ccccc1/C=C\2. The maximum Gasteiger partial charge on any atom is -0.0222 e. The van der Waals surface area contributed by atoms with Crippen LogP contribution in [0, 0.1) is 6.92 Å². The molecule has 0 amide bonds. The minimum atomic E-state index is 1.14. The molecule has 1 aliphatic carbocycles. The first-order valence-corrected chi connectivity index (χ1v) is 6.19. The molecule has 0 aromatic heterocycles. The standard InChI is InChI=1S/C17H16/c1-13-5-4-8-16-10-9-14-6-2-3-7-15(14)11-12-17(13)16/h2-10H,11-12H2,1H3/b10-9-. The zero-order valence-electron chi connectivity index (χ0n) is 10.1. The van der Waals surface area contributed by atoms with E-state index in [-0.39, 0.29) is 0 Å². The van der Waals surface area contributed by atoms with Gasteiger partial charge in [-0.1, -0.05) is 54.6 Å². The lowest BCUT2D eigenvalue weighted by Gasteiger charge is -2.14. The third-order valence-corrected chi connectivity index (χ3v) is 3.59. The van der Waals surface area contributed by atoms with Gasteiger partial charge in [0.15, 0.2) is 0 Å². The number of hydrogen-bond donors (Lipinski definition) is 0. The lowest BCUT2D eigenvalue weighted by atomic mass is 9.91. The molecule has 0 saturated carbocycles. The van der Waals surface area contributed by atoms with Crippen molar-refractivity contribution in [3.8, 4) is 0 Å². The molecule has 84 valence electrons. The summed E-state index contributed by atoms with van der Waals surface area (Å²) in [5, 5.41) is 0. The fraction of sp³-hybridized carbons (Fsp3) is 0.176. The van der Waals surface area contributed by atoms with Crippen LogP contribution in [0.5, 0.6) is 0 Å². The van der Waals surface area contributed by atoms with Gasteiger partial charge in [-0.3, -0.25) is 0 Å². The van der Waals surface area contributed by atoms with E-state index in [1.54, 1.807) is 0 Å². The lowest BCUT2D eigenvalue weighted by Crippen LogP contribution is -2.00. The van der Waals surface area contributed by atoms with Crippen molar-refractivity contribution in [3.05, 3.63) is 70.3 Å². The molecule has 1 aliphatic rings. The van der Waals surface area contributed by atoms with Crippen molar-refractivity contribution in [3.63, 3.8) is 0 Å². The molecule has 0 radical (unpaired) electrons. The second-order valence-electron chi connectivity index (χ2n) is 4.67. The van der Waals surface area contributed by atoms with Crippen molar-refractivity contribution in [1.82, 2.24) is 0 Å². The normalized spacial score (nSPS) is 15.4. The smallest absolute Gasteiger partial charge is 0.0222 e. The molecule has 3 rings (SSSR count). The van der Waals surface area contributed by atoms with E-state index in [0.29, 0.717) is 0 Å². The van der Waals surface area contributed by atoms with Crippen molar-refractivity contribution in [1.29, 1.82) is 0 Å². The molecule has 0 N–H and O–H groups in total. The third-order valence-electron chi connectivity index (χ3n) is 3.59. The monoisotopic (exact) mass is 220 g/mol. The molecule has 17 heavy (non-hydrogen) atoms. The van der Waals surface area contributed by atoms with Crippen molar-refractivity contribution in [2.24, 2.45) is 0 Å². The lowest BCUT2D eigenvalue weighted by molar-refractivity contribution is 0.941. The Balaban J connectivity index is 2.13. The predicted octanol–water partition coefficient (Wildman–Crippen LogP) is 4.26. The first kappa shape index (κ1) is 10.3. The molecule has 2 aromatic rings. The van der Waals surface area contributed by atoms with E-state index >= 15 is 0 Å². The Morgan fingerprint density at radius 1 is 0.765 bits per heavy atom. The molecule has 0 unspecified atom stereocenters. The minimum Gasteiger partial charge on any atom is -0.0620 e. The molecule has 0 fully saturated rings. The first-order valence-electron chi connectivity index (χ1n) is 6.19. The second kappa shape index (κ2) is 4.21. The highest BCUT2D eigenvalue weighted by Crippen LogP contribution is 2.24. The molecular weight excluding hydrogens is 204 g/mol. The predicted molar refractivity (Wildman–Crippen MR) is 74.0 cm³/mol. The summed E-state index contributed by atoms with van der Waals surface area (Å²) in [6.07, 6.45) is 6.77. The Morgan fingerprint density at radius 2 is 1.53 bits per heavy atom. The van der Waals surface area contributed by atoms with Gasteiger partial charge in [0.05, 0.1) is 0 Å². The first-order chi connectivity index (χ1) is 8.34. The van der Waals surface area contributed by atoms with Crippen LogP contribution in [-0.4, -0.2) is 0 Å². The second-order valence-corrected chi connectivity index (χ2v) is 4.67. The molecule has 0 bridgehead atoms. The van der Waals surface area contributed by atoms with Gasteiger partial charge in [0.2, 0.25) is 0 Å². The summed E-state index contributed by atoms with van der Waals surface area (Å²) < 4.78 is 0. The van der Waals surface area contributed by atoms with Crippen LogP contribution in [0.4, 0.5) is 0 Å². The fourth-order valence-corrected chi connectivity index (χ4v) is 2.59. The van der Waals surface area contributed by atoms with Crippen LogP contribution >= 0.6 is 0 Å². The molecule has 0 heterocycles. The van der Waals surface area contributed by atoms with Crippen molar-refractivity contribution >= 4 is 12.2 Å². The van der Waals surface area contributed by atoms with Crippen molar-refractivity contribution in [2.75, 3.05) is 0 Å². The van der Waals surface area contributed by atoms with E-state index in [4.69, 9.17) is 0 Å². The number of benzene rings is 2. The van der Waals surface area contributed by atoms with Gasteiger partial charge in [0.1, 0.15) is 0 Å². The molecule has 0 atom stereocenters. The molecule has 0 nitrogen and oxygen atoms in total. The molecular formula is C17H16. The quantitative estimate of drug-likeness (QED) is 0.622. The van der Waals surface area contributed by atoms with Gasteiger partial charge in [-0.15, -0.1) is 0 Å². The molecule has 0 aliphatic heterocycles. The van der Waals surface area contributed by atoms with Crippen LogP contribution < -0.4 is 0 Å². The number of aryl methyl sites for hydroxylation is 2. The van der Waals surface area contributed by atoms with E-state index in [9.17, 15) is 0 Å². The number of rotatable bonds is 0. The van der Waals surface area contributed by atoms with Crippen LogP contribution in [0.3, 0.4) is 0 Å². The van der Waals surface area contributed by atoms with Gasteiger partial charge < -0.3 is 0 Å². The highest BCUT2D eigenvalue weighted by molar-refractivity contribution is 5.74. The van der Waals surface area contributed by atoms with E-state index in [1.165, 1.54) is 27.8 Å². The Bertz CT molecular complexity index is 576. The van der Waals surface area contributed by atoms with Gasteiger partial charge in [0.25, 0.3) is 0 Å². The van der Waals surface area contributed by atoms with Gasteiger partial charge in [-0.2, -0.15) is 0 Å². The Morgan fingerprint density at radius 3 is 2.47 bits per heavy atom. The zero-order valence-corrected chi connectivity index (χ0v) is 10.1. The Kier molecular flexibility index (Phi) is 2.56. The zero-order chi connectivity index (χ0) is 11.7. The van der Waals surface area contributed by atoms with Gasteiger partial charge in [0, 0.05) is 0 Å². The summed E-state index contributed by atoms with van der Waals surface area (Å²) in [5.74, 6) is 0. The average Bonchev–Trinajstić information content (AvgIpc) is 2.33. The van der Waals surface area contributed by atoms with Crippen molar-refractivity contribution < 1.29 is 0 Å². The van der Waals surface area contributed by atoms with Crippen LogP contribution in [0.15, 0.2) is 42.5 Å². The molecule has 0 saturated heterocycles. The van der Waals surface area contributed by atoms with Crippen LogP contribution in [0.1, 0.15) is 27.8 Å². The van der Waals surface area contributed by atoms with Crippen molar-refractivity contribution in [2.45, 2.75) is 19.8 Å². The molecule has 0 spiro atoms. The van der Waals surface area contributed by atoms with E-state index in [2.05, 4.69) is 61.5 Å². The van der Waals surface area contributed by atoms with E-state index < -0.39 is 0 Å². The number of hydrogen-bond acceptors (Lipinski definition) is 0. The maximum atomic E-state index is 2.25. The summed E-state index contributed by atoms with van der Waals surface area (Å²) in [5.41, 5.74) is 7.10. The largest absolute Gasteiger partial charge is 0.0620 e. The van der Waals surface area contributed by atoms with Gasteiger partial charge in [-0.05, 0) is 47.6 Å². The Labute approximate surface area is 103 Å². The topological polar surface area (TPSA) is 0 Å². The molecule has 0 heteroatoms. The highest BCUT2D eigenvalue weighted by Gasteiger charge is 2.08. The molecule has 2 aromatic carbocycles. The summed E-state index contributed by atoms with van der Waals surface area (Å²) in [6, 6.07) is 15.3. The van der Waals surface area contributed by atoms with Crippen LogP contribution in [0.25, 0.3) is 12.2 Å². The van der Waals surface area contributed by atoms with Crippen LogP contribution in [-0.2, 0) is 12.8 Å². The summed E-state index contributed by atoms with van der Waals surface area (Å²) in [4.78, 5) is 0. The maximum absolute atomic E-state index is 2.25. The third kappa shape index (κ3) is 1.91. The van der Waals surface area contributed by atoms with Gasteiger partial charge in [-0.25, -0.2) is 0 Å². The minimum absolute atomic E-state index is 1.14. The van der Waals surface area contributed by atoms with E-state index in [1.807, 2.05) is 0 Å². The fourth-order valence-electron chi connectivity index (χ4n) is 2.59. The Hall–Kier alpha value is -1.82. The summed E-state index contributed by atoms with van der Waals surface area (Å²) in [7, 11) is 0. The van der Waals surface area contributed by atoms with Gasteiger partial charge >= 0.3 is 0 Å².